The Morgan fingerprint density at radius 2 is 1.96 bits per heavy atom. The SMILES string of the molecule is COc1ccc(-c2cnc(CCC(=O)N3CCN(C)CC3)o2)c(OC)c1. The predicted molar refractivity (Wildman–Crippen MR) is 97.4 cm³/mol. The lowest BCUT2D eigenvalue weighted by Crippen LogP contribution is -2.47. The van der Waals surface area contributed by atoms with Gasteiger partial charge in [-0.3, -0.25) is 4.79 Å². The molecule has 0 spiro atoms. The third kappa shape index (κ3) is 4.16. The fourth-order valence-corrected chi connectivity index (χ4v) is 2.98. The maximum atomic E-state index is 12.3. The lowest BCUT2D eigenvalue weighted by atomic mass is 10.1. The standard InChI is InChI=1S/C19H25N3O4/c1-21-8-10-22(11-9-21)19(23)7-6-18-20-13-17(26-18)15-5-4-14(24-2)12-16(15)25-3/h4-5,12-13H,6-11H2,1-3H3. The molecule has 0 saturated carbocycles. The number of aryl methyl sites for hydroxylation is 1. The minimum absolute atomic E-state index is 0.153. The minimum atomic E-state index is 0.153. The zero-order valence-corrected chi connectivity index (χ0v) is 15.5. The van der Waals surface area contributed by atoms with Crippen molar-refractivity contribution in [2.75, 3.05) is 47.4 Å². The number of likely N-dealkylation sites (N-methyl/N-ethyl adjacent to an activating group) is 1. The summed E-state index contributed by atoms with van der Waals surface area (Å²) in [5, 5.41) is 0. The molecule has 1 amide bonds. The van der Waals surface area contributed by atoms with Gasteiger partial charge in [-0.2, -0.15) is 0 Å². The van der Waals surface area contributed by atoms with Crippen LogP contribution in [0.3, 0.4) is 0 Å². The molecule has 7 nitrogen and oxygen atoms in total. The largest absolute Gasteiger partial charge is 0.497 e. The first-order valence-electron chi connectivity index (χ1n) is 8.74. The van der Waals surface area contributed by atoms with Crippen LogP contribution in [0.5, 0.6) is 11.5 Å². The average molecular weight is 359 g/mol. The van der Waals surface area contributed by atoms with E-state index in [0.29, 0.717) is 36.0 Å². The Hall–Kier alpha value is -2.54. The van der Waals surface area contributed by atoms with E-state index in [9.17, 15) is 4.79 Å². The second kappa shape index (κ2) is 8.23. The maximum Gasteiger partial charge on any atom is 0.223 e. The fourth-order valence-electron chi connectivity index (χ4n) is 2.98. The molecule has 1 aromatic heterocycles. The number of oxazole rings is 1. The van der Waals surface area contributed by atoms with E-state index >= 15 is 0 Å². The number of aromatic nitrogens is 1. The van der Waals surface area contributed by atoms with E-state index in [1.165, 1.54) is 0 Å². The summed E-state index contributed by atoms with van der Waals surface area (Å²) in [7, 11) is 5.28. The lowest BCUT2D eigenvalue weighted by molar-refractivity contribution is -0.132. The second-order valence-electron chi connectivity index (χ2n) is 6.37. The quantitative estimate of drug-likeness (QED) is 0.786. The summed E-state index contributed by atoms with van der Waals surface area (Å²) in [6.07, 6.45) is 2.56. The summed E-state index contributed by atoms with van der Waals surface area (Å²) in [6.45, 7) is 3.42. The van der Waals surface area contributed by atoms with Crippen LogP contribution in [-0.4, -0.2) is 68.1 Å². The Morgan fingerprint density at radius 3 is 2.65 bits per heavy atom. The molecule has 1 aliphatic rings. The first kappa shape index (κ1) is 18.3. The van der Waals surface area contributed by atoms with Gasteiger partial charge in [0, 0.05) is 45.1 Å². The number of nitrogens with zero attached hydrogens (tertiary/aromatic N) is 3. The number of benzene rings is 1. The van der Waals surface area contributed by atoms with Crippen molar-refractivity contribution >= 4 is 5.91 Å². The van der Waals surface area contributed by atoms with Crippen molar-refractivity contribution in [2.24, 2.45) is 0 Å². The number of piperazine rings is 1. The molecule has 1 fully saturated rings. The van der Waals surface area contributed by atoms with Crippen molar-refractivity contribution in [3.05, 3.63) is 30.3 Å². The van der Waals surface area contributed by atoms with Crippen molar-refractivity contribution in [1.82, 2.24) is 14.8 Å². The highest BCUT2D eigenvalue weighted by Crippen LogP contribution is 2.33. The summed E-state index contributed by atoms with van der Waals surface area (Å²) in [5.41, 5.74) is 0.803. The van der Waals surface area contributed by atoms with Gasteiger partial charge in [0.1, 0.15) is 11.5 Å². The molecule has 7 heteroatoms. The summed E-state index contributed by atoms with van der Waals surface area (Å²) in [6, 6.07) is 5.52. The first-order valence-corrected chi connectivity index (χ1v) is 8.74. The zero-order valence-electron chi connectivity index (χ0n) is 15.5. The van der Waals surface area contributed by atoms with Crippen LogP contribution < -0.4 is 9.47 Å². The van der Waals surface area contributed by atoms with Crippen molar-refractivity contribution < 1.29 is 18.7 Å². The molecule has 1 aromatic carbocycles. The van der Waals surface area contributed by atoms with Gasteiger partial charge in [-0.05, 0) is 19.2 Å². The third-order valence-electron chi connectivity index (χ3n) is 4.64. The Morgan fingerprint density at radius 1 is 1.19 bits per heavy atom. The second-order valence-corrected chi connectivity index (χ2v) is 6.37. The number of hydrogen-bond donors (Lipinski definition) is 0. The van der Waals surface area contributed by atoms with Gasteiger partial charge in [0.15, 0.2) is 11.7 Å². The van der Waals surface area contributed by atoms with Crippen molar-refractivity contribution in [1.29, 1.82) is 0 Å². The number of hydrogen-bond acceptors (Lipinski definition) is 6. The van der Waals surface area contributed by atoms with Gasteiger partial charge in [-0.1, -0.05) is 0 Å². The van der Waals surface area contributed by atoms with E-state index in [1.807, 2.05) is 17.0 Å². The smallest absolute Gasteiger partial charge is 0.223 e. The van der Waals surface area contributed by atoms with Crippen LogP contribution in [0.2, 0.25) is 0 Å². The van der Waals surface area contributed by atoms with Gasteiger partial charge in [-0.25, -0.2) is 4.98 Å². The minimum Gasteiger partial charge on any atom is -0.497 e. The molecule has 1 saturated heterocycles. The Kier molecular flexibility index (Phi) is 5.78. The third-order valence-corrected chi connectivity index (χ3v) is 4.64. The van der Waals surface area contributed by atoms with Crippen LogP contribution >= 0.6 is 0 Å². The summed E-state index contributed by atoms with van der Waals surface area (Å²) in [5.74, 6) is 2.69. The number of rotatable bonds is 6. The van der Waals surface area contributed by atoms with Gasteiger partial charge in [0.2, 0.25) is 5.91 Å². The number of carbonyl (C=O) groups excluding carboxylic acids is 1. The Labute approximate surface area is 153 Å². The molecule has 1 aliphatic heterocycles. The highest BCUT2D eigenvalue weighted by atomic mass is 16.5. The molecule has 26 heavy (non-hydrogen) atoms. The maximum absolute atomic E-state index is 12.3. The monoisotopic (exact) mass is 359 g/mol. The van der Waals surface area contributed by atoms with Crippen LogP contribution in [0.1, 0.15) is 12.3 Å². The van der Waals surface area contributed by atoms with Crippen molar-refractivity contribution in [2.45, 2.75) is 12.8 Å². The lowest BCUT2D eigenvalue weighted by Gasteiger charge is -2.32. The number of ether oxygens (including phenoxy) is 2. The predicted octanol–water partition coefficient (Wildman–Crippen LogP) is 2.07. The molecule has 3 rings (SSSR count). The molecule has 0 unspecified atom stereocenters. The van der Waals surface area contributed by atoms with Gasteiger partial charge in [-0.15, -0.1) is 0 Å². The molecule has 0 atom stereocenters. The Bertz CT molecular complexity index is 751. The van der Waals surface area contributed by atoms with Gasteiger partial charge in [0.25, 0.3) is 0 Å². The van der Waals surface area contributed by atoms with E-state index in [0.717, 1.165) is 31.7 Å². The van der Waals surface area contributed by atoms with Crippen molar-refractivity contribution in [3.8, 4) is 22.8 Å². The molecule has 140 valence electrons. The molecule has 2 heterocycles. The summed E-state index contributed by atoms with van der Waals surface area (Å²) < 4.78 is 16.4. The highest BCUT2D eigenvalue weighted by Gasteiger charge is 2.20. The normalized spacial score (nSPS) is 15.1. The molecule has 0 N–H and O–H groups in total. The van der Waals surface area contributed by atoms with Crippen LogP contribution in [0.15, 0.2) is 28.8 Å². The van der Waals surface area contributed by atoms with Crippen LogP contribution in [0.25, 0.3) is 11.3 Å². The highest BCUT2D eigenvalue weighted by molar-refractivity contribution is 5.76. The van der Waals surface area contributed by atoms with Crippen LogP contribution in [-0.2, 0) is 11.2 Å². The fraction of sp³-hybridized carbons (Fsp3) is 0.474. The number of amides is 1. The summed E-state index contributed by atoms with van der Waals surface area (Å²) in [4.78, 5) is 20.8. The van der Waals surface area contributed by atoms with E-state index in [-0.39, 0.29) is 5.91 Å². The van der Waals surface area contributed by atoms with E-state index in [4.69, 9.17) is 13.9 Å². The first-order chi connectivity index (χ1) is 12.6. The van der Waals surface area contributed by atoms with Gasteiger partial charge in [0.05, 0.1) is 26.0 Å². The topological polar surface area (TPSA) is 68.0 Å². The van der Waals surface area contributed by atoms with E-state index < -0.39 is 0 Å². The van der Waals surface area contributed by atoms with E-state index in [1.54, 1.807) is 26.5 Å². The molecule has 0 radical (unpaired) electrons. The summed E-state index contributed by atoms with van der Waals surface area (Å²) >= 11 is 0. The van der Waals surface area contributed by atoms with E-state index in [2.05, 4.69) is 16.9 Å². The van der Waals surface area contributed by atoms with Gasteiger partial charge >= 0.3 is 0 Å². The van der Waals surface area contributed by atoms with Crippen LogP contribution in [0.4, 0.5) is 0 Å². The Balaban J connectivity index is 1.62. The molecule has 0 bridgehead atoms. The average Bonchev–Trinajstić information content (AvgIpc) is 3.15. The van der Waals surface area contributed by atoms with Crippen molar-refractivity contribution in [3.63, 3.8) is 0 Å². The number of carbonyl (C=O) groups is 1. The van der Waals surface area contributed by atoms with Gasteiger partial charge < -0.3 is 23.7 Å². The molecule has 0 aliphatic carbocycles. The zero-order chi connectivity index (χ0) is 18.5. The molecular weight excluding hydrogens is 334 g/mol. The van der Waals surface area contributed by atoms with Crippen LogP contribution in [0, 0.1) is 0 Å². The molecular formula is C19H25N3O4. The number of methoxy groups -OCH3 is 2. The molecule has 2 aromatic rings.